The molecule has 2 aromatic carbocycles. The van der Waals surface area contributed by atoms with Crippen LogP contribution in [0.15, 0.2) is 46.2 Å². The third kappa shape index (κ3) is 12.0. The van der Waals surface area contributed by atoms with Gasteiger partial charge >= 0.3 is 0 Å². The zero-order valence-corrected chi connectivity index (χ0v) is 29.8. The van der Waals surface area contributed by atoms with Gasteiger partial charge < -0.3 is 9.80 Å². The summed E-state index contributed by atoms with van der Waals surface area (Å²) in [5, 5.41) is 0. The predicted octanol–water partition coefficient (Wildman–Crippen LogP) is 13.2. The van der Waals surface area contributed by atoms with Crippen molar-refractivity contribution < 1.29 is 4.79 Å². The maximum absolute atomic E-state index is 11.7. The molecule has 2 heterocycles. The van der Waals surface area contributed by atoms with E-state index in [2.05, 4.69) is 54.0 Å². The number of anilines is 3. The van der Waals surface area contributed by atoms with Crippen molar-refractivity contribution in [2.24, 2.45) is 5.92 Å². The number of unbranched alkanes of at least 4 members (excludes halogenated alkanes) is 16. The molecule has 0 bridgehead atoms. The Hall–Kier alpha value is -1.94. The van der Waals surface area contributed by atoms with Gasteiger partial charge in [-0.1, -0.05) is 141 Å². The van der Waals surface area contributed by atoms with Gasteiger partial charge in [0, 0.05) is 40.7 Å². The van der Waals surface area contributed by atoms with Crippen LogP contribution in [0.25, 0.3) is 0 Å². The highest BCUT2D eigenvalue weighted by molar-refractivity contribution is 7.99. The minimum atomic E-state index is 0.701. The number of benzene rings is 2. The number of aldehydes is 1. The highest BCUT2D eigenvalue weighted by Crippen LogP contribution is 2.50. The van der Waals surface area contributed by atoms with Gasteiger partial charge in [0.15, 0.2) is 0 Å². The number of rotatable bonds is 24. The van der Waals surface area contributed by atoms with E-state index >= 15 is 0 Å². The molecule has 1 saturated heterocycles. The Kier molecular flexibility index (Phi) is 16.8. The van der Waals surface area contributed by atoms with Crippen LogP contribution in [-0.2, 0) is 0 Å². The lowest BCUT2D eigenvalue weighted by atomic mass is 9.93. The van der Waals surface area contributed by atoms with Gasteiger partial charge in [-0.3, -0.25) is 4.79 Å². The van der Waals surface area contributed by atoms with Crippen molar-refractivity contribution in [3.8, 4) is 0 Å². The van der Waals surface area contributed by atoms with Crippen LogP contribution in [0.2, 0.25) is 0 Å². The fourth-order valence-electron chi connectivity index (χ4n) is 7.41. The molecule has 2 aliphatic rings. The van der Waals surface area contributed by atoms with Crippen LogP contribution in [0.4, 0.5) is 17.1 Å². The number of carbonyl (C=O) groups excluding carboxylic acids is 1. The summed E-state index contributed by atoms with van der Waals surface area (Å²) < 4.78 is 0. The Bertz CT molecular complexity index is 1110. The van der Waals surface area contributed by atoms with Crippen LogP contribution in [0.1, 0.15) is 165 Å². The smallest absolute Gasteiger partial charge is 0.150 e. The van der Waals surface area contributed by atoms with E-state index in [0.717, 1.165) is 18.4 Å². The van der Waals surface area contributed by atoms with Crippen molar-refractivity contribution >= 4 is 35.1 Å². The Morgan fingerprint density at radius 2 is 1.13 bits per heavy atom. The van der Waals surface area contributed by atoms with E-state index < -0.39 is 0 Å². The lowest BCUT2D eigenvalue weighted by molar-refractivity contribution is 0.112. The normalized spacial score (nSPS) is 14.9. The van der Waals surface area contributed by atoms with Crippen molar-refractivity contribution in [3.63, 3.8) is 0 Å². The van der Waals surface area contributed by atoms with Crippen LogP contribution in [0, 0.1) is 5.92 Å². The van der Waals surface area contributed by atoms with Crippen LogP contribution in [0.5, 0.6) is 0 Å². The summed E-state index contributed by atoms with van der Waals surface area (Å²) in [6, 6.07) is 13.5. The van der Waals surface area contributed by atoms with Gasteiger partial charge in [-0.25, -0.2) is 0 Å². The zero-order valence-electron chi connectivity index (χ0n) is 29.0. The fraction of sp³-hybridized carbons (Fsp3) is 0.683. The van der Waals surface area contributed by atoms with Crippen LogP contribution < -0.4 is 9.80 Å². The standard InChI is InChI=1S/C41H64N2OS/c1-3-5-7-9-11-13-14-16-18-20-24-35(23-19-17-15-12-10-8-6-4-2)33-43-38-27-25-36(34-44)31-40(38)45-41-32-37(26-28-39(41)43)42-29-21-22-30-42/h25-28,31-32,34-35H,3-24,29-30,33H2,1-2H3. The molecule has 2 aromatic rings. The van der Waals surface area contributed by atoms with Gasteiger partial charge in [0.2, 0.25) is 0 Å². The van der Waals surface area contributed by atoms with Gasteiger partial charge in [-0.2, -0.15) is 0 Å². The summed E-state index contributed by atoms with van der Waals surface area (Å²) in [7, 11) is 0. The topological polar surface area (TPSA) is 23.6 Å². The second kappa shape index (κ2) is 21.0. The molecule has 0 N–H and O–H groups in total. The van der Waals surface area contributed by atoms with E-state index in [0.29, 0.717) is 5.92 Å². The molecule has 3 nitrogen and oxygen atoms in total. The predicted molar refractivity (Wildman–Crippen MR) is 198 cm³/mol. The summed E-state index contributed by atoms with van der Waals surface area (Å²) in [5.41, 5.74) is 4.78. The van der Waals surface area contributed by atoms with E-state index in [1.807, 2.05) is 17.8 Å². The molecule has 4 rings (SSSR count). The van der Waals surface area contributed by atoms with E-state index in [4.69, 9.17) is 0 Å². The number of hydrogen-bond donors (Lipinski definition) is 0. The maximum Gasteiger partial charge on any atom is 0.150 e. The average Bonchev–Trinajstić information content (AvgIpc) is 3.61. The molecule has 1 fully saturated rings. The van der Waals surface area contributed by atoms with Crippen molar-refractivity contribution in [1.82, 2.24) is 0 Å². The van der Waals surface area contributed by atoms with E-state index in [1.54, 1.807) is 0 Å². The molecule has 1 unspecified atom stereocenters. The number of carbonyl (C=O) groups is 1. The Morgan fingerprint density at radius 3 is 1.67 bits per heavy atom. The molecule has 2 aliphatic heterocycles. The number of fused-ring (bicyclic) bond motifs is 2. The second-order valence-corrected chi connectivity index (χ2v) is 15.1. The van der Waals surface area contributed by atoms with Gasteiger partial charge in [-0.05, 0) is 68.0 Å². The first-order valence-electron chi connectivity index (χ1n) is 19.2. The fourth-order valence-corrected chi connectivity index (χ4v) is 8.58. The summed E-state index contributed by atoms with van der Waals surface area (Å²) in [5.74, 6) is 0.701. The molecule has 250 valence electrons. The Labute approximate surface area is 281 Å². The van der Waals surface area contributed by atoms with Gasteiger partial charge in [0.25, 0.3) is 0 Å². The highest BCUT2D eigenvalue weighted by Gasteiger charge is 2.27. The second-order valence-electron chi connectivity index (χ2n) is 14.0. The summed E-state index contributed by atoms with van der Waals surface area (Å²) >= 11 is 1.86. The van der Waals surface area contributed by atoms with Crippen LogP contribution in [-0.4, -0.2) is 25.9 Å². The van der Waals surface area contributed by atoms with Crippen LogP contribution >= 0.6 is 11.8 Å². The summed E-state index contributed by atoms with van der Waals surface area (Å²) in [4.78, 5) is 19.5. The first-order valence-corrected chi connectivity index (χ1v) is 20.0. The zero-order chi connectivity index (χ0) is 31.5. The van der Waals surface area contributed by atoms with Crippen molar-refractivity contribution in [1.29, 1.82) is 0 Å². The number of nitrogens with zero attached hydrogens (tertiary/aromatic N) is 2. The molecule has 45 heavy (non-hydrogen) atoms. The molecule has 1 atom stereocenters. The minimum absolute atomic E-state index is 0.701. The molecule has 0 radical (unpaired) electrons. The Morgan fingerprint density at radius 1 is 0.644 bits per heavy atom. The first kappa shape index (κ1) is 35.9. The van der Waals surface area contributed by atoms with Crippen molar-refractivity contribution in [3.05, 3.63) is 42.0 Å². The average molecular weight is 633 g/mol. The molecular weight excluding hydrogens is 569 g/mol. The SMILES string of the molecule is CCCCCCCCCCCCC(CCCCCCCCCC)CN1c2ccc(C=O)cc2Sc2cc(N3CCCC3)ccc21. The monoisotopic (exact) mass is 632 g/mol. The Balaban J connectivity index is 1.39. The van der Waals surface area contributed by atoms with Crippen molar-refractivity contribution in [2.45, 2.75) is 165 Å². The quantitative estimate of drug-likeness (QED) is 0.0848. The van der Waals surface area contributed by atoms with Crippen LogP contribution in [0.3, 0.4) is 0 Å². The summed E-state index contributed by atoms with van der Waals surface area (Å²) in [6.45, 7) is 8.02. The van der Waals surface area contributed by atoms with Gasteiger partial charge in [0.1, 0.15) is 6.29 Å². The van der Waals surface area contributed by atoms with Crippen molar-refractivity contribution in [2.75, 3.05) is 29.4 Å². The number of hydrogen-bond acceptors (Lipinski definition) is 4. The van der Waals surface area contributed by atoms with E-state index in [-0.39, 0.29) is 0 Å². The van der Waals surface area contributed by atoms with Gasteiger partial charge in [-0.15, -0.1) is 0 Å². The van der Waals surface area contributed by atoms with E-state index in [9.17, 15) is 4.79 Å². The minimum Gasteiger partial charge on any atom is -0.372 e. The molecular formula is C41H64N2OS. The molecule has 0 aromatic heterocycles. The largest absolute Gasteiger partial charge is 0.372 e. The highest BCUT2D eigenvalue weighted by atomic mass is 32.2. The molecule has 0 spiro atoms. The molecule has 0 aliphatic carbocycles. The third-order valence-electron chi connectivity index (χ3n) is 10.2. The molecule has 0 saturated carbocycles. The maximum atomic E-state index is 11.7. The molecule has 0 amide bonds. The first-order chi connectivity index (χ1) is 22.2. The molecule has 4 heteroatoms. The lowest BCUT2D eigenvalue weighted by Crippen LogP contribution is -2.28. The van der Waals surface area contributed by atoms with Gasteiger partial charge in [0.05, 0.1) is 11.4 Å². The van der Waals surface area contributed by atoms with E-state index in [1.165, 1.54) is 181 Å². The third-order valence-corrected chi connectivity index (χ3v) is 11.3. The lowest BCUT2D eigenvalue weighted by Gasteiger charge is -2.36. The summed E-state index contributed by atoms with van der Waals surface area (Å²) in [6.07, 6.45) is 31.4.